The number of para-hydroxylation sites is 1. The van der Waals surface area contributed by atoms with Gasteiger partial charge in [0.05, 0.1) is 17.8 Å². The normalized spacial score (nSPS) is 10.6. The van der Waals surface area contributed by atoms with Crippen LogP contribution in [0.5, 0.6) is 0 Å². The van der Waals surface area contributed by atoms with Crippen LogP contribution in [-0.4, -0.2) is 25.2 Å². The molecule has 1 rings (SSSR count). The van der Waals surface area contributed by atoms with Crippen LogP contribution in [0.4, 0.5) is 18.9 Å². The maximum absolute atomic E-state index is 11.8. The summed E-state index contributed by atoms with van der Waals surface area (Å²) in [6, 6.07) is 8.30. The van der Waals surface area contributed by atoms with Crippen molar-refractivity contribution in [2.24, 2.45) is 0 Å². The van der Waals surface area contributed by atoms with Gasteiger partial charge in [0.15, 0.2) is 0 Å². The fourth-order valence-electron chi connectivity index (χ4n) is 1.17. The SMILES string of the molecule is N#Cc1ccccc1NCC(=O)NCC(F)(F)F. The number of alkyl halides is 3. The number of anilines is 1. The Labute approximate surface area is 101 Å². The smallest absolute Gasteiger partial charge is 0.375 e. The highest BCUT2D eigenvalue weighted by Crippen LogP contribution is 2.13. The highest BCUT2D eigenvalue weighted by atomic mass is 19.4. The van der Waals surface area contributed by atoms with E-state index in [4.69, 9.17) is 5.26 Å². The third-order valence-corrected chi connectivity index (χ3v) is 1.97. The van der Waals surface area contributed by atoms with E-state index in [1.165, 1.54) is 6.07 Å². The van der Waals surface area contributed by atoms with Crippen LogP contribution >= 0.6 is 0 Å². The number of nitriles is 1. The molecule has 0 unspecified atom stereocenters. The molecule has 0 aliphatic rings. The number of rotatable bonds is 4. The van der Waals surface area contributed by atoms with Crippen molar-refractivity contribution in [1.82, 2.24) is 5.32 Å². The minimum Gasteiger partial charge on any atom is -0.375 e. The molecule has 0 aliphatic carbocycles. The second kappa shape index (κ2) is 5.91. The lowest BCUT2D eigenvalue weighted by Gasteiger charge is -2.10. The van der Waals surface area contributed by atoms with Crippen molar-refractivity contribution in [3.05, 3.63) is 29.8 Å². The first-order valence-electron chi connectivity index (χ1n) is 4.99. The lowest BCUT2D eigenvalue weighted by Crippen LogP contribution is -2.37. The molecule has 0 aromatic heterocycles. The minimum atomic E-state index is -4.43. The Bertz CT molecular complexity index is 465. The predicted molar refractivity (Wildman–Crippen MR) is 58.7 cm³/mol. The van der Waals surface area contributed by atoms with Crippen molar-refractivity contribution in [3.63, 3.8) is 0 Å². The number of amides is 1. The van der Waals surface area contributed by atoms with Gasteiger partial charge in [0.1, 0.15) is 12.6 Å². The molecule has 1 aromatic rings. The van der Waals surface area contributed by atoms with Gasteiger partial charge in [0.25, 0.3) is 0 Å². The number of benzene rings is 1. The first-order valence-corrected chi connectivity index (χ1v) is 4.99. The second-order valence-corrected chi connectivity index (χ2v) is 3.40. The van der Waals surface area contributed by atoms with Gasteiger partial charge in [-0.2, -0.15) is 18.4 Å². The molecule has 0 atom stereocenters. The Hall–Kier alpha value is -2.23. The predicted octanol–water partition coefficient (Wildman–Crippen LogP) is 1.65. The lowest BCUT2D eigenvalue weighted by molar-refractivity contribution is -0.137. The van der Waals surface area contributed by atoms with Gasteiger partial charge in [-0.1, -0.05) is 12.1 Å². The highest BCUT2D eigenvalue weighted by Gasteiger charge is 2.27. The summed E-state index contributed by atoms with van der Waals surface area (Å²) < 4.78 is 35.5. The van der Waals surface area contributed by atoms with E-state index in [-0.39, 0.29) is 6.54 Å². The van der Waals surface area contributed by atoms with E-state index in [9.17, 15) is 18.0 Å². The summed E-state index contributed by atoms with van der Waals surface area (Å²) in [5.74, 6) is -0.792. The number of halogens is 3. The summed E-state index contributed by atoms with van der Waals surface area (Å²) in [5, 5.41) is 13.1. The average Bonchev–Trinajstić information content (AvgIpc) is 2.33. The summed E-state index contributed by atoms with van der Waals surface area (Å²) in [6.45, 7) is -1.69. The molecule has 0 fully saturated rings. The van der Waals surface area contributed by atoms with E-state index >= 15 is 0 Å². The van der Waals surface area contributed by atoms with Crippen molar-refractivity contribution < 1.29 is 18.0 Å². The highest BCUT2D eigenvalue weighted by molar-refractivity contribution is 5.81. The number of carbonyl (C=O) groups is 1. The number of hydrogen-bond donors (Lipinski definition) is 2. The van der Waals surface area contributed by atoms with Crippen LogP contribution in [-0.2, 0) is 4.79 Å². The molecule has 1 aromatic carbocycles. The molecule has 0 radical (unpaired) electrons. The minimum absolute atomic E-state index is 0.320. The Morgan fingerprint density at radius 2 is 2.00 bits per heavy atom. The molecule has 0 saturated heterocycles. The molecule has 96 valence electrons. The van der Waals surface area contributed by atoms with Crippen molar-refractivity contribution in [2.45, 2.75) is 6.18 Å². The van der Waals surface area contributed by atoms with E-state index < -0.39 is 18.6 Å². The Morgan fingerprint density at radius 1 is 1.33 bits per heavy atom. The summed E-state index contributed by atoms with van der Waals surface area (Å²) in [5.41, 5.74) is 0.725. The van der Waals surface area contributed by atoms with Crippen LogP contribution in [0, 0.1) is 11.3 Å². The van der Waals surface area contributed by atoms with E-state index in [0.717, 1.165) is 0 Å². The fourth-order valence-corrected chi connectivity index (χ4v) is 1.17. The number of carbonyl (C=O) groups excluding carboxylic acids is 1. The summed E-state index contributed by atoms with van der Waals surface area (Å²) in [6.07, 6.45) is -4.43. The fraction of sp³-hybridized carbons (Fsp3) is 0.273. The molecule has 0 spiro atoms. The number of nitrogens with zero attached hydrogens (tertiary/aromatic N) is 1. The van der Waals surface area contributed by atoms with Crippen LogP contribution in [0.25, 0.3) is 0 Å². The molecule has 0 saturated carbocycles. The maximum atomic E-state index is 11.8. The van der Waals surface area contributed by atoms with Crippen LogP contribution in [0.2, 0.25) is 0 Å². The first-order chi connectivity index (χ1) is 8.42. The zero-order chi connectivity index (χ0) is 13.6. The molecule has 0 bridgehead atoms. The number of hydrogen-bond acceptors (Lipinski definition) is 3. The van der Waals surface area contributed by atoms with Gasteiger partial charge < -0.3 is 10.6 Å². The number of nitrogens with one attached hydrogen (secondary N) is 2. The van der Waals surface area contributed by atoms with E-state index in [2.05, 4.69) is 5.32 Å². The molecular formula is C11H10F3N3O. The van der Waals surface area contributed by atoms with Crippen molar-refractivity contribution >= 4 is 11.6 Å². The van der Waals surface area contributed by atoms with E-state index in [1.54, 1.807) is 23.5 Å². The Kier molecular flexibility index (Phi) is 4.54. The zero-order valence-electron chi connectivity index (χ0n) is 9.21. The third kappa shape index (κ3) is 4.74. The largest absolute Gasteiger partial charge is 0.405 e. The monoisotopic (exact) mass is 257 g/mol. The average molecular weight is 257 g/mol. The van der Waals surface area contributed by atoms with Crippen LogP contribution in [0.15, 0.2) is 24.3 Å². The molecular weight excluding hydrogens is 247 g/mol. The molecule has 7 heteroatoms. The molecule has 0 heterocycles. The topological polar surface area (TPSA) is 64.9 Å². The molecule has 2 N–H and O–H groups in total. The first kappa shape index (κ1) is 13.8. The van der Waals surface area contributed by atoms with Gasteiger partial charge in [0.2, 0.25) is 5.91 Å². The van der Waals surface area contributed by atoms with E-state index in [1.807, 2.05) is 6.07 Å². The third-order valence-electron chi connectivity index (χ3n) is 1.97. The lowest BCUT2D eigenvalue weighted by atomic mass is 10.2. The Balaban J connectivity index is 2.46. The molecule has 1 amide bonds. The van der Waals surface area contributed by atoms with Crippen LogP contribution in [0.1, 0.15) is 5.56 Å². The van der Waals surface area contributed by atoms with Crippen molar-refractivity contribution in [2.75, 3.05) is 18.4 Å². The van der Waals surface area contributed by atoms with Gasteiger partial charge in [-0.05, 0) is 12.1 Å². The van der Waals surface area contributed by atoms with Gasteiger partial charge in [-0.15, -0.1) is 0 Å². The second-order valence-electron chi connectivity index (χ2n) is 3.40. The standard InChI is InChI=1S/C11H10F3N3O/c12-11(13,14)7-17-10(18)6-16-9-4-2-1-3-8(9)5-15/h1-4,16H,6-7H2,(H,17,18). The van der Waals surface area contributed by atoms with Gasteiger partial charge in [-0.25, -0.2) is 0 Å². The Morgan fingerprint density at radius 3 is 2.61 bits per heavy atom. The van der Waals surface area contributed by atoms with Crippen molar-refractivity contribution in [3.8, 4) is 6.07 Å². The zero-order valence-corrected chi connectivity index (χ0v) is 9.21. The quantitative estimate of drug-likeness (QED) is 0.862. The van der Waals surface area contributed by atoms with Gasteiger partial charge in [-0.3, -0.25) is 4.79 Å². The molecule has 18 heavy (non-hydrogen) atoms. The van der Waals surface area contributed by atoms with Gasteiger partial charge >= 0.3 is 6.18 Å². The summed E-state index contributed by atoms with van der Waals surface area (Å²) in [4.78, 5) is 11.1. The molecule has 4 nitrogen and oxygen atoms in total. The van der Waals surface area contributed by atoms with Crippen LogP contribution in [0.3, 0.4) is 0 Å². The summed E-state index contributed by atoms with van der Waals surface area (Å²) >= 11 is 0. The van der Waals surface area contributed by atoms with E-state index in [0.29, 0.717) is 11.3 Å². The van der Waals surface area contributed by atoms with Gasteiger partial charge in [0, 0.05) is 0 Å². The molecule has 0 aliphatic heterocycles. The summed E-state index contributed by atoms with van der Waals surface area (Å²) in [7, 11) is 0. The van der Waals surface area contributed by atoms with Crippen LogP contribution < -0.4 is 10.6 Å². The maximum Gasteiger partial charge on any atom is 0.405 e. The van der Waals surface area contributed by atoms with Crippen molar-refractivity contribution in [1.29, 1.82) is 5.26 Å².